The lowest BCUT2D eigenvalue weighted by molar-refractivity contribution is 0.628. The molecule has 0 atom stereocenters. The quantitative estimate of drug-likeness (QED) is 0.713. The van der Waals surface area contributed by atoms with Crippen molar-refractivity contribution in [1.82, 2.24) is 20.2 Å². The van der Waals surface area contributed by atoms with Crippen molar-refractivity contribution in [3.8, 4) is 0 Å². The van der Waals surface area contributed by atoms with Crippen LogP contribution in [0.1, 0.15) is 0 Å². The van der Waals surface area contributed by atoms with E-state index in [1.165, 1.54) is 18.5 Å². The van der Waals surface area contributed by atoms with Crippen molar-refractivity contribution in [3.05, 3.63) is 42.5 Å². The molecule has 1 saturated heterocycles. The third-order valence-corrected chi connectivity index (χ3v) is 4.58. The van der Waals surface area contributed by atoms with Gasteiger partial charge in [-0.05, 0) is 24.3 Å². The van der Waals surface area contributed by atoms with E-state index < -0.39 is 0 Å². The zero-order valence-corrected chi connectivity index (χ0v) is 14.8. The summed E-state index contributed by atoms with van der Waals surface area (Å²) >= 11 is 0. The number of hydrogen-bond acceptors (Lipinski definition) is 7. The van der Waals surface area contributed by atoms with Gasteiger partial charge in [-0.25, -0.2) is 14.4 Å². The Kier molecular flexibility index (Phi) is 4.24. The van der Waals surface area contributed by atoms with Gasteiger partial charge in [0.25, 0.3) is 0 Å². The summed E-state index contributed by atoms with van der Waals surface area (Å²) in [6.07, 6.45) is 1.49. The van der Waals surface area contributed by atoms with E-state index in [-0.39, 0.29) is 5.82 Å². The van der Waals surface area contributed by atoms with Gasteiger partial charge in [0.15, 0.2) is 11.6 Å². The van der Waals surface area contributed by atoms with Crippen LogP contribution in [0.5, 0.6) is 0 Å². The Morgan fingerprint density at radius 2 is 1.69 bits per heavy atom. The Labute approximate surface area is 151 Å². The van der Waals surface area contributed by atoms with Gasteiger partial charge in [0.1, 0.15) is 18.0 Å². The maximum atomic E-state index is 13.4. The summed E-state index contributed by atoms with van der Waals surface area (Å²) in [4.78, 5) is 15.0. The Bertz CT molecular complexity index is 905. The highest BCUT2D eigenvalue weighted by Crippen LogP contribution is 2.25. The first-order chi connectivity index (χ1) is 12.6. The third-order valence-electron chi connectivity index (χ3n) is 4.58. The minimum Gasteiger partial charge on any atom is -0.361 e. The van der Waals surface area contributed by atoms with E-state index in [1.54, 1.807) is 6.07 Å². The summed E-state index contributed by atoms with van der Waals surface area (Å²) in [5.74, 6) is 2.28. The molecule has 0 saturated carbocycles. The molecule has 7 nitrogen and oxygen atoms in total. The fourth-order valence-corrected chi connectivity index (χ4v) is 3.14. The second kappa shape index (κ2) is 6.70. The fourth-order valence-electron chi connectivity index (χ4n) is 3.14. The number of aromatic nitrogens is 4. The average Bonchev–Trinajstić information content (AvgIpc) is 2.67. The standard InChI is InChI=1S/C18H20FN7/c1-24(2)16-5-6-17(23-22-16)25-7-9-26(10-8-25)18-14-4-3-13(19)11-15(14)20-12-21-18/h3-6,11-12H,7-10H2,1-2H3. The van der Waals surface area contributed by atoms with Crippen LogP contribution >= 0.6 is 0 Å². The summed E-state index contributed by atoms with van der Waals surface area (Å²) in [7, 11) is 3.89. The van der Waals surface area contributed by atoms with Gasteiger partial charge in [-0.2, -0.15) is 0 Å². The number of anilines is 3. The van der Waals surface area contributed by atoms with Crippen molar-refractivity contribution in [1.29, 1.82) is 0 Å². The van der Waals surface area contributed by atoms with Crippen molar-refractivity contribution >= 4 is 28.4 Å². The maximum absolute atomic E-state index is 13.4. The molecule has 0 N–H and O–H groups in total. The first-order valence-corrected chi connectivity index (χ1v) is 8.53. The number of benzene rings is 1. The second-order valence-corrected chi connectivity index (χ2v) is 6.48. The molecule has 0 spiro atoms. The largest absolute Gasteiger partial charge is 0.361 e. The smallest absolute Gasteiger partial charge is 0.151 e. The van der Waals surface area contributed by atoms with Gasteiger partial charge in [-0.15, -0.1) is 10.2 Å². The molecule has 0 aliphatic carbocycles. The van der Waals surface area contributed by atoms with Crippen LogP contribution in [-0.4, -0.2) is 60.4 Å². The van der Waals surface area contributed by atoms with Gasteiger partial charge >= 0.3 is 0 Å². The number of fused-ring (bicyclic) bond motifs is 1. The highest BCUT2D eigenvalue weighted by atomic mass is 19.1. The molecule has 0 bridgehead atoms. The van der Waals surface area contributed by atoms with Gasteiger partial charge < -0.3 is 14.7 Å². The number of nitrogens with zero attached hydrogens (tertiary/aromatic N) is 7. The first-order valence-electron chi connectivity index (χ1n) is 8.53. The molecule has 134 valence electrons. The SMILES string of the molecule is CN(C)c1ccc(N2CCN(c3ncnc4cc(F)ccc34)CC2)nn1. The van der Waals surface area contributed by atoms with Crippen molar-refractivity contribution < 1.29 is 4.39 Å². The van der Waals surface area contributed by atoms with Crippen LogP contribution in [0.3, 0.4) is 0 Å². The predicted molar refractivity (Wildman–Crippen MR) is 100 cm³/mol. The zero-order valence-electron chi connectivity index (χ0n) is 14.8. The average molecular weight is 353 g/mol. The molecule has 3 aromatic rings. The van der Waals surface area contributed by atoms with Gasteiger partial charge in [-0.1, -0.05) is 0 Å². The van der Waals surface area contributed by atoms with E-state index in [4.69, 9.17) is 0 Å². The van der Waals surface area contributed by atoms with Crippen molar-refractivity contribution in [2.45, 2.75) is 0 Å². The van der Waals surface area contributed by atoms with Crippen LogP contribution < -0.4 is 14.7 Å². The molecule has 0 amide bonds. The molecule has 1 aliphatic heterocycles. The highest BCUT2D eigenvalue weighted by molar-refractivity contribution is 5.89. The number of piperazine rings is 1. The molecular formula is C18H20FN7. The third kappa shape index (κ3) is 3.10. The monoisotopic (exact) mass is 353 g/mol. The number of hydrogen-bond donors (Lipinski definition) is 0. The summed E-state index contributed by atoms with van der Waals surface area (Å²) in [6, 6.07) is 8.62. The maximum Gasteiger partial charge on any atom is 0.151 e. The van der Waals surface area contributed by atoms with Gasteiger partial charge in [-0.3, -0.25) is 0 Å². The Balaban J connectivity index is 1.50. The molecule has 2 aromatic heterocycles. The van der Waals surface area contributed by atoms with Crippen molar-refractivity contribution in [3.63, 3.8) is 0 Å². The molecule has 0 unspecified atom stereocenters. The number of rotatable bonds is 3. The van der Waals surface area contributed by atoms with Crippen LogP contribution in [0.15, 0.2) is 36.7 Å². The molecule has 4 rings (SSSR count). The van der Waals surface area contributed by atoms with Crippen molar-refractivity contribution in [2.75, 3.05) is 55.0 Å². The molecule has 1 fully saturated rings. The van der Waals surface area contributed by atoms with Crippen LogP contribution in [0, 0.1) is 5.82 Å². The lowest BCUT2D eigenvalue weighted by atomic mass is 10.2. The second-order valence-electron chi connectivity index (χ2n) is 6.48. The molecule has 3 heterocycles. The van der Waals surface area contributed by atoms with Gasteiger partial charge in [0, 0.05) is 51.7 Å². The van der Waals surface area contributed by atoms with E-state index in [1.807, 2.05) is 31.1 Å². The normalized spacial score (nSPS) is 14.7. The van der Waals surface area contributed by atoms with E-state index in [0.717, 1.165) is 49.0 Å². The Morgan fingerprint density at radius 3 is 2.38 bits per heavy atom. The van der Waals surface area contributed by atoms with Crippen LogP contribution in [0.25, 0.3) is 10.9 Å². The van der Waals surface area contributed by atoms with Gasteiger partial charge in [0.2, 0.25) is 0 Å². The van der Waals surface area contributed by atoms with Crippen LogP contribution in [0.2, 0.25) is 0 Å². The van der Waals surface area contributed by atoms with Crippen LogP contribution in [-0.2, 0) is 0 Å². The molecule has 1 aliphatic rings. The molecular weight excluding hydrogens is 333 g/mol. The summed E-state index contributed by atoms with van der Waals surface area (Å²) in [5, 5.41) is 9.45. The predicted octanol–water partition coefficient (Wildman–Crippen LogP) is 1.95. The highest BCUT2D eigenvalue weighted by Gasteiger charge is 2.21. The molecule has 8 heteroatoms. The first kappa shape index (κ1) is 16.4. The minimum atomic E-state index is -0.285. The molecule has 0 radical (unpaired) electrons. The molecule has 26 heavy (non-hydrogen) atoms. The van der Waals surface area contributed by atoms with E-state index in [9.17, 15) is 4.39 Å². The Morgan fingerprint density at radius 1 is 0.923 bits per heavy atom. The number of halogens is 1. The van der Waals surface area contributed by atoms with E-state index in [2.05, 4.69) is 30.0 Å². The zero-order chi connectivity index (χ0) is 18.1. The summed E-state index contributed by atoms with van der Waals surface area (Å²) < 4.78 is 13.4. The topological polar surface area (TPSA) is 61.3 Å². The summed E-state index contributed by atoms with van der Waals surface area (Å²) in [5.41, 5.74) is 0.627. The fraction of sp³-hybridized carbons (Fsp3) is 0.333. The lowest BCUT2D eigenvalue weighted by Gasteiger charge is -2.36. The molecule has 1 aromatic carbocycles. The lowest BCUT2D eigenvalue weighted by Crippen LogP contribution is -2.47. The summed E-state index contributed by atoms with van der Waals surface area (Å²) in [6.45, 7) is 3.26. The van der Waals surface area contributed by atoms with Crippen LogP contribution in [0.4, 0.5) is 21.8 Å². The Hall–Kier alpha value is -3.03. The van der Waals surface area contributed by atoms with Crippen molar-refractivity contribution in [2.24, 2.45) is 0 Å². The van der Waals surface area contributed by atoms with Gasteiger partial charge in [0.05, 0.1) is 5.52 Å². The van der Waals surface area contributed by atoms with E-state index in [0.29, 0.717) is 5.52 Å². The minimum absolute atomic E-state index is 0.285. The van der Waals surface area contributed by atoms with E-state index >= 15 is 0 Å².